The lowest BCUT2D eigenvalue weighted by Gasteiger charge is -2.13. The third-order valence-electron chi connectivity index (χ3n) is 3.84. The monoisotopic (exact) mass is 297 g/mol. The van der Waals surface area contributed by atoms with Gasteiger partial charge in [-0.15, -0.1) is 11.3 Å². The Bertz CT molecular complexity index is 301. The molecule has 0 saturated heterocycles. The third kappa shape index (κ3) is 7.98. The number of hydrazine groups is 1. The van der Waals surface area contributed by atoms with E-state index in [1.165, 1.54) is 69.1 Å². The predicted octanol–water partition coefficient (Wildman–Crippen LogP) is 4.96. The van der Waals surface area contributed by atoms with E-state index in [2.05, 4.69) is 17.3 Å². The molecule has 0 fully saturated rings. The fourth-order valence-electron chi connectivity index (χ4n) is 2.54. The number of nitrogens with zero attached hydrogens (tertiary/aromatic N) is 1. The summed E-state index contributed by atoms with van der Waals surface area (Å²) < 4.78 is 0. The van der Waals surface area contributed by atoms with Gasteiger partial charge in [-0.05, 0) is 6.42 Å². The van der Waals surface area contributed by atoms with Crippen molar-refractivity contribution in [3.05, 3.63) is 16.6 Å². The molecule has 1 aromatic rings. The molecule has 0 amide bonds. The van der Waals surface area contributed by atoms with Crippen molar-refractivity contribution >= 4 is 11.3 Å². The molecule has 20 heavy (non-hydrogen) atoms. The van der Waals surface area contributed by atoms with Gasteiger partial charge in [0.2, 0.25) is 0 Å². The molecule has 0 bridgehead atoms. The molecule has 0 aliphatic rings. The zero-order chi connectivity index (χ0) is 14.5. The highest BCUT2D eigenvalue weighted by Crippen LogP contribution is 2.22. The summed E-state index contributed by atoms with van der Waals surface area (Å²) in [7, 11) is 0. The van der Waals surface area contributed by atoms with E-state index in [4.69, 9.17) is 5.84 Å². The second kappa shape index (κ2) is 12.3. The molecule has 0 aromatic carbocycles. The molecule has 1 unspecified atom stereocenters. The maximum atomic E-state index is 5.61. The number of unbranched alkanes of at least 4 members (excludes halogenated alkanes) is 9. The molecule has 1 atom stereocenters. The third-order valence-corrected chi connectivity index (χ3v) is 4.73. The molecule has 0 saturated carbocycles. The van der Waals surface area contributed by atoms with Gasteiger partial charge < -0.3 is 0 Å². The van der Waals surface area contributed by atoms with Crippen molar-refractivity contribution in [1.29, 1.82) is 0 Å². The van der Waals surface area contributed by atoms with Gasteiger partial charge in [0.25, 0.3) is 0 Å². The normalized spacial score (nSPS) is 12.7. The Morgan fingerprint density at radius 2 is 1.65 bits per heavy atom. The predicted molar refractivity (Wildman–Crippen MR) is 88.6 cm³/mol. The Balaban J connectivity index is 1.91. The number of nitrogens with two attached hydrogens (primary N) is 1. The van der Waals surface area contributed by atoms with E-state index in [0.29, 0.717) is 0 Å². The highest BCUT2D eigenvalue weighted by atomic mass is 32.1. The standard InChI is InChI=1S/C16H31N3S/c1-2-3-4-5-6-7-8-9-10-11-12-15(19-17)16-13-18-14-20-16/h13-15,19H,2-12,17H2,1H3. The summed E-state index contributed by atoms with van der Waals surface area (Å²) in [4.78, 5) is 5.37. The van der Waals surface area contributed by atoms with Gasteiger partial charge in [-0.2, -0.15) is 0 Å². The van der Waals surface area contributed by atoms with Crippen molar-refractivity contribution in [3.63, 3.8) is 0 Å². The SMILES string of the molecule is CCCCCCCCCCCCC(NN)c1cncs1. The van der Waals surface area contributed by atoms with E-state index < -0.39 is 0 Å². The lowest BCUT2D eigenvalue weighted by Crippen LogP contribution is -2.27. The number of hydrogen-bond donors (Lipinski definition) is 2. The van der Waals surface area contributed by atoms with Crippen molar-refractivity contribution < 1.29 is 0 Å². The number of thiazole rings is 1. The molecule has 3 nitrogen and oxygen atoms in total. The largest absolute Gasteiger partial charge is 0.271 e. The second-order valence-electron chi connectivity index (χ2n) is 5.59. The van der Waals surface area contributed by atoms with Gasteiger partial charge in [-0.25, -0.2) is 0 Å². The first-order valence-electron chi connectivity index (χ1n) is 8.23. The number of aromatic nitrogens is 1. The Kier molecular flexibility index (Phi) is 10.8. The van der Waals surface area contributed by atoms with E-state index in [-0.39, 0.29) is 6.04 Å². The van der Waals surface area contributed by atoms with E-state index in [1.54, 1.807) is 11.3 Å². The summed E-state index contributed by atoms with van der Waals surface area (Å²) in [6.45, 7) is 2.27. The van der Waals surface area contributed by atoms with Crippen molar-refractivity contribution in [2.24, 2.45) is 5.84 Å². The molecule has 3 N–H and O–H groups in total. The fourth-order valence-corrected chi connectivity index (χ4v) is 3.26. The van der Waals surface area contributed by atoms with Crippen molar-refractivity contribution in [3.8, 4) is 0 Å². The maximum absolute atomic E-state index is 5.61. The Labute approximate surface area is 128 Å². The maximum Gasteiger partial charge on any atom is 0.0794 e. The van der Waals surface area contributed by atoms with Crippen LogP contribution in [-0.2, 0) is 0 Å². The molecule has 0 aliphatic carbocycles. The summed E-state index contributed by atoms with van der Waals surface area (Å²) in [5.74, 6) is 5.61. The van der Waals surface area contributed by atoms with Crippen molar-refractivity contribution in [1.82, 2.24) is 10.4 Å². The van der Waals surface area contributed by atoms with Crippen LogP contribution in [-0.4, -0.2) is 4.98 Å². The number of hydrogen-bond acceptors (Lipinski definition) is 4. The van der Waals surface area contributed by atoms with Gasteiger partial charge >= 0.3 is 0 Å². The Morgan fingerprint density at radius 1 is 1.05 bits per heavy atom. The van der Waals surface area contributed by atoms with Crippen LogP contribution >= 0.6 is 11.3 Å². The highest BCUT2D eigenvalue weighted by Gasteiger charge is 2.10. The first-order valence-corrected chi connectivity index (χ1v) is 9.11. The van der Waals surface area contributed by atoms with Crippen LogP contribution in [0.4, 0.5) is 0 Å². The summed E-state index contributed by atoms with van der Waals surface area (Å²) in [6.07, 6.45) is 16.8. The van der Waals surface area contributed by atoms with Crippen LogP contribution in [0, 0.1) is 0 Å². The molecule has 1 aromatic heterocycles. The molecule has 0 aliphatic heterocycles. The van der Waals surface area contributed by atoms with E-state index in [1.807, 2.05) is 11.7 Å². The topological polar surface area (TPSA) is 50.9 Å². The lowest BCUT2D eigenvalue weighted by molar-refractivity contribution is 0.478. The summed E-state index contributed by atoms with van der Waals surface area (Å²) >= 11 is 1.68. The van der Waals surface area contributed by atoms with Gasteiger partial charge in [-0.1, -0.05) is 71.1 Å². The zero-order valence-electron chi connectivity index (χ0n) is 12.9. The minimum absolute atomic E-state index is 0.288. The minimum atomic E-state index is 0.288. The van der Waals surface area contributed by atoms with Gasteiger partial charge in [0.05, 0.1) is 11.6 Å². The number of nitrogens with one attached hydrogen (secondary N) is 1. The smallest absolute Gasteiger partial charge is 0.0794 e. The first kappa shape index (κ1) is 17.6. The van der Waals surface area contributed by atoms with Gasteiger partial charge in [0, 0.05) is 11.1 Å². The van der Waals surface area contributed by atoms with Crippen LogP contribution in [0.3, 0.4) is 0 Å². The average molecular weight is 298 g/mol. The van der Waals surface area contributed by atoms with Crippen LogP contribution in [0.5, 0.6) is 0 Å². The lowest BCUT2D eigenvalue weighted by atomic mass is 10.0. The van der Waals surface area contributed by atoms with E-state index >= 15 is 0 Å². The summed E-state index contributed by atoms with van der Waals surface area (Å²) in [5.41, 5.74) is 4.78. The van der Waals surface area contributed by atoms with Crippen LogP contribution in [0.2, 0.25) is 0 Å². The molecule has 116 valence electrons. The average Bonchev–Trinajstić information content (AvgIpc) is 2.99. The molecular weight excluding hydrogens is 266 g/mol. The molecule has 0 radical (unpaired) electrons. The van der Waals surface area contributed by atoms with Gasteiger partial charge in [0.15, 0.2) is 0 Å². The van der Waals surface area contributed by atoms with Crippen LogP contribution in [0.25, 0.3) is 0 Å². The number of rotatable bonds is 13. The Hall–Kier alpha value is -0.450. The first-order chi connectivity index (χ1) is 9.88. The Morgan fingerprint density at radius 3 is 2.15 bits per heavy atom. The highest BCUT2D eigenvalue weighted by molar-refractivity contribution is 7.09. The molecule has 1 rings (SSSR count). The summed E-state index contributed by atoms with van der Waals surface area (Å²) in [5, 5.41) is 0. The second-order valence-corrected chi connectivity index (χ2v) is 6.51. The van der Waals surface area contributed by atoms with E-state index in [9.17, 15) is 0 Å². The minimum Gasteiger partial charge on any atom is -0.271 e. The fraction of sp³-hybridized carbons (Fsp3) is 0.812. The van der Waals surface area contributed by atoms with Crippen molar-refractivity contribution in [2.75, 3.05) is 0 Å². The van der Waals surface area contributed by atoms with Gasteiger partial charge in [-0.3, -0.25) is 16.3 Å². The van der Waals surface area contributed by atoms with Gasteiger partial charge in [0.1, 0.15) is 0 Å². The van der Waals surface area contributed by atoms with Crippen LogP contribution in [0.15, 0.2) is 11.7 Å². The molecular formula is C16H31N3S. The quantitative estimate of drug-likeness (QED) is 0.307. The van der Waals surface area contributed by atoms with Crippen LogP contribution in [0.1, 0.15) is 88.5 Å². The molecule has 0 spiro atoms. The van der Waals surface area contributed by atoms with Crippen molar-refractivity contribution in [2.45, 2.75) is 83.6 Å². The molecule has 4 heteroatoms. The van der Waals surface area contributed by atoms with E-state index in [0.717, 1.165) is 6.42 Å². The molecule has 1 heterocycles. The van der Waals surface area contributed by atoms with Crippen LogP contribution < -0.4 is 11.3 Å². The zero-order valence-corrected chi connectivity index (χ0v) is 13.8. The summed E-state index contributed by atoms with van der Waals surface area (Å²) in [6, 6.07) is 0.288.